The number of rotatable bonds is 3. The van der Waals surface area contributed by atoms with E-state index in [1.54, 1.807) is 12.1 Å². The normalized spacial score (nSPS) is 15.2. The van der Waals surface area contributed by atoms with Gasteiger partial charge in [-0.3, -0.25) is 4.79 Å². The van der Waals surface area contributed by atoms with Crippen molar-refractivity contribution in [2.45, 2.75) is 18.9 Å². The summed E-state index contributed by atoms with van der Waals surface area (Å²) < 4.78 is 13.4. The third-order valence-electron chi connectivity index (χ3n) is 3.83. The van der Waals surface area contributed by atoms with Crippen LogP contribution < -0.4 is 10.6 Å². The van der Waals surface area contributed by atoms with Crippen molar-refractivity contribution in [2.24, 2.45) is 0 Å². The zero-order valence-electron chi connectivity index (χ0n) is 11.8. The summed E-state index contributed by atoms with van der Waals surface area (Å²) in [6.07, 6.45) is 1.26. The minimum Gasteiger partial charge on any atom is -0.326 e. The number of carbonyl (C=O) groups excluding carboxylic acids is 1. The van der Waals surface area contributed by atoms with Crippen LogP contribution in [0.1, 0.15) is 29.2 Å². The van der Waals surface area contributed by atoms with Crippen LogP contribution in [-0.2, 0) is 11.2 Å². The number of halogens is 1. The van der Waals surface area contributed by atoms with Crippen molar-refractivity contribution in [3.63, 3.8) is 0 Å². The maximum atomic E-state index is 13.4. The summed E-state index contributed by atoms with van der Waals surface area (Å²) >= 11 is 0. The van der Waals surface area contributed by atoms with Crippen molar-refractivity contribution in [2.75, 3.05) is 12.4 Å². The smallest absolute Gasteiger partial charge is 0.224 e. The Morgan fingerprint density at radius 2 is 1.95 bits per heavy atom. The molecular weight excluding hydrogens is 267 g/mol. The lowest BCUT2D eigenvalue weighted by atomic mass is 9.94. The second kappa shape index (κ2) is 5.66. The van der Waals surface area contributed by atoms with E-state index in [1.807, 2.05) is 25.2 Å². The molecule has 1 amide bonds. The fraction of sp³-hybridized carbons (Fsp3) is 0.235. The Hall–Kier alpha value is -2.20. The summed E-state index contributed by atoms with van der Waals surface area (Å²) in [4.78, 5) is 11.4. The monoisotopic (exact) mass is 284 g/mol. The van der Waals surface area contributed by atoms with Crippen molar-refractivity contribution < 1.29 is 9.18 Å². The van der Waals surface area contributed by atoms with Gasteiger partial charge >= 0.3 is 0 Å². The lowest BCUT2D eigenvalue weighted by molar-refractivity contribution is -0.116. The van der Waals surface area contributed by atoms with Gasteiger partial charge in [0.25, 0.3) is 0 Å². The van der Waals surface area contributed by atoms with Crippen molar-refractivity contribution in [1.29, 1.82) is 0 Å². The molecule has 1 atom stereocenters. The van der Waals surface area contributed by atoms with Gasteiger partial charge < -0.3 is 10.6 Å². The van der Waals surface area contributed by atoms with Crippen LogP contribution in [-0.4, -0.2) is 13.0 Å². The molecule has 3 rings (SSSR count). The molecule has 0 aromatic heterocycles. The molecule has 0 fully saturated rings. The second-order valence-corrected chi connectivity index (χ2v) is 5.24. The first-order valence-electron chi connectivity index (χ1n) is 7.03. The zero-order chi connectivity index (χ0) is 14.8. The number of hydrogen-bond acceptors (Lipinski definition) is 2. The van der Waals surface area contributed by atoms with Gasteiger partial charge in [-0.15, -0.1) is 0 Å². The van der Waals surface area contributed by atoms with E-state index < -0.39 is 0 Å². The third kappa shape index (κ3) is 2.81. The second-order valence-electron chi connectivity index (χ2n) is 5.24. The number of anilines is 1. The fourth-order valence-corrected chi connectivity index (χ4v) is 2.79. The zero-order valence-corrected chi connectivity index (χ0v) is 11.8. The van der Waals surface area contributed by atoms with Gasteiger partial charge in [0.1, 0.15) is 5.82 Å². The van der Waals surface area contributed by atoms with Crippen molar-refractivity contribution in [3.05, 3.63) is 65.0 Å². The van der Waals surface area contributed by atoms with E-state index in [0.29, 0.717) is 6.42 Å². The molecule has 1 heterocycles. The molecule has 0 aliphatic carbocycles. The van der Waals surface area contributed by atoms with Crippen LogP contribution in [0.25, 0.3) is 0 Å². The molecule has 4 heteroatoms. The van der Waals surface area contributed by atoms with Gasteiger partial charge in [-0.05, 0) is 48.4 Å². The van der Waals surface area contributed by atoms with E-state index in [0.717, 1.165) is 28.8 Å². The molecule has 1 aliphatic heterocycles. The van der Waals surface area contributed by atoms with Crippen LogP contribution >= 0.6 is 0 Å². The number of aryl methyl sites for hydroxylation is 1. The Bertz CT molecular complexity index is 684. The molecule has 0 saturated carbocycles. The highest BCUT2D eigenvalue weighted by molar-refractivity contribution is 5.93. The van der Waals surface area contributed by atoms with Gasteiger partial charge in [0.2, 0.25) is 5.91 Å². The largest absolute Gasteiger partial charge is 0.326 e. The Balaban J connectivity index is 1.96. The quantitative estimate of drug-likeness (QED) is 0.909. The first-order valence-corrected chi connectivity index (χ1v) is 7.03. The van der Waals surface area contributed by atoms with Crippen molar-refractivity contribution in [1.82, 2.24) is 5.32 Å². The third-order valence-corrected chi connectivity index (χ3v) is 3.83. The highest BCUT2D eigenvalue weighted by atomic mass is 19.1. The van der Waals surface area contributed by atoms with E-state index in [2.05, 4.69) is 16.7 Å². The van der Waals surface area contributed by atoms with Crippen LogP contribution in [0.5, 0.6) is 0 Å². The average molecular weight is 284 g/mol. The Labute approximate surface area is 123 Å². The molecule has 2 aromatic carbocycles. The highest BCUT2D eigenvalue weighted by Gasteiger charge is 2.18. The summed E-state index contributed by atoms with van der Waals surface area (Å²) in [5, 5.41) is 6.10. The first-order chi connectivity index (χ1) is 10.2. The summed E-state index contributed by atoms with van der Waals surface area (Å²) in [5.74, 6) is -0.177. The molecule has 0 saturated heterocycles. The van der Waals surface area contributed by atoms with Crippen LogP contribution in [0.3, 0.4) is 0 Å². The van der Waals surface area contributed by atoms with Gasteiger partial charge in [0, 0.05) is 12.1 Å². The Morgan fingerprint density at radius 1 is 1.14 bits per heavy atom. The SMILES string of the molecule is CNC(c1cccc(F)c1)c1ccc2c(c1)CCC(=O)N2. The van der Waals surface area contributed by atoms with E-state index >= 15 is 0 Å². The maximum absolute atomic E-state index is 13.4. The number of fused-ring (bicyclic) bond motifs is 1. The molecule has 108 valence electrons. The average Bonchev–Trinajstić information content (AvgIpc) is 2.48. The Kier molecular flexibility index (Phi) is 3.71. The molecule has 2 aromatic rings. The number of benzene rings is 2. The van der Waals surface area contributed by atoms with Gasteiger partial charge in [0.15, 0.2) is 0 Å². The molecular formula is C17H17FN2O. The number of hydrogen-bond donors (Lipinski definition) is 2. The first kappa shape index (κ1) is 13.8. The fourth-order valence-electron chi connectivity index (χ4n) is 2.79. The maximum Gasteiger partial charge on any atom is 0.224 e. The summed E-state index contributed by atoms with van der Waals surface area (Å²) in [7, 11) is 1.86. The number of nitrogens with one attached hydrogen (secondary N) is 2. The Morgan fingerprint density at radius 3 is 2.71 bits per heavy atom. The van der Waals surface area contributed by atoms with Crippen LogP contribution in [0.2, 0.25) is 0 Å². The number of carbonyl (C=O) groups is 1. The minimum absolute atomic E-state index is 0.0607. The summed E-state index contributed by atoms with van der Waals surface area (Å²) in [6, 6.07) is 12.5. The van der Waals surface area contributed by atoms with Crippen LogP contribution in [0.15, 0.2) is 42.5 Å². The van der Waals surface area contributed by atoms with E-state index in [1.165, 1.54) is 6.07 Å². The van der Waals surface area contributed by atoms with E-state index in [-0.39, 0.29) is 17.8 Å². The van der Waals surface area contributed by atoms with Gasteiger partial charge in [0.05, 0.1) is 6.04 Å². The topological polar surface area (TPSA) is 41.1 Å². The predicted octanol–water partition coefficient (Wildman–Crippen LogP) is 3.02. The van der Waals surface area contributed by atoms with Crippen LogP contribution in [0, 0.1) is 5.82 Å². The molecule has 0 bridgehead atoms. The van der Waals surface area contributed by atoms with E-state index in [4.69, 9.17) is 0 Å². The molecule has 2 N–H and O–H groups in total. The van der Waals surface area contributed by atoms with E-state index in [9.17, 15) is 9.18 Å². The highest BCUT2D eigenvalue weighted by Crippen LogP contribution is 2.29. The van der Waals surface area contributed by atoms with Crippen molar-refractivity contribution >= 4 is 11.6 Å². The lowest BCUT2D eigenvalue weighted by Crippen LogP contribution is -2.21. The molecule has 1 aliphatic rings. The minimum atomic E-state index is -0.238. The van der Waals surface area contributed by atoms with Gasteiger partial charge in [-0.2, -0.15) is 0 Å². The molecule has 21 heavy (non-hydrogen) atoms. The summed E-state index contributed by atoms with van der Waals surface area (Å²) in [5.41, 5.74) is 3.96. The molecule has 0 spiro atoms. The van der Waals surface area contributed by atoms with Gasteiger partial charge in [-0.25, -0.2) is 4.39 Å². The lowest BCUT2D eigenvalue weighted by Gasteiger charge is -2.22. The molecule has 3 nitrogen and oxygen atoms in total. The predicted molar refractivity (Wildman–Crippen MR) is 80.7 cm³/mol. The van der Waals surface area contributed by atoms with Gasteiger partial charge in [-0.1, -0.05) is 24.3 Å². The summed E-state index contributed by atoms with van der Waals surface area (Å²) in [6.45, 7) is 0. The van der Waals surface area contributed by atoms with Crippen molar-refractivity contribution in [3.8, 4) is 0 Å². The number of amides is 1. The standard InChI is InChI=1S/C17H17FN2O/c1-19-17(12-3-2-4-14(18)10-12)13-5-7-15-11(9-13)6-8-16(21)20-15/h2-5,7,9-10,17,19H,6,8H2,1H3,(H,20,21). The molecule has 1 unspecified atom stereocenters. The molecule has 0 radical (unpaired) electrons. The van der Waals surface area contributed by atoms with Crippen LogP contribution in [0.4, 0.5) is 10.1 Å².